The molecule has 9 heteroatoms. The summed E-state index contributed by atoms with van der Waals surface area (Å²) in [5.74, 6) is -1.93. The molecule has 0 N–H and O–H groups in total. The van der Waals surface area contributed by atoms with E-state index in [0.29, 0.717) is 10.9 Å². The number of thioether (sulfide) groups is 1. The van der Waals surface area contributed by atoms with Crippen LogP contribution in [0.2, 0.25) is 0 Å². The van der Waals surface area contributed by atoms with Crippen molar-refractivity contribution >= 4 is 29.5 Å². The Morgan fingerprint density at radius 3 is 2.30 bits per heavy atom. The van der Waals surface area contributed by atoms with Gasteiger partial charge < -0.3 is 9.36 Å². The summed E-state index contributed by atoms with van der Waals surface area (Å²) in [5.41, 5.74) is 1.18. The summed E-state index contributed by atoms with van der Waals surface area (Å²) in [6, 6.07) is 15.5. The number of aromatic nitrogens is 2. The van der Waals surface area contributed by atoms with Crippen molar-refractivity contribution < 1.29 is 23.7 Å². The van der Waals surface area contributed by atoms with Gasteiger partial charge in [-0.3, -0.25) is 9.59 Å². The van der Waals surface area contributed by atoms with Gasteiger partial charge in [0.25, 0.3) is 17.0 Å². The highest BCUT2D eigenvalue weighted by Crippen LogP contribution is 2.24. The third kappa shape index (κ3) is 3.32. The second-order valence-electron chi connectivity index (χ2n) is 5.45. The van der Waals surface area contributed by atoms with Crippen LogP contribution in [0.5, 0.6) is 0 Å². The van der Waals surface area contributed by atoms with E-state index < -0.39 is 17.8 Å². The number of nitrogens with zero attached hydrogens (tertiary/aromatic N) is 3. The summed E-state index contributed by atoms with van der Waals surface area (Å²) in [4.78, 5) is 45.4. The van der Waals surface area contributed by atoms with Crippen LogP contribution in [-0.4, -0.2) is 38.7 Å². The first-order valence-electron chi connectivity index (χ1n) is 7.84. The van der Waals surface area contributed by atoms with E-state index in [-0.39, 0.29) is 22.1 Å². The molecule has 2 aromatic carbocycles. The van der Waals surface area contributed by atoms with Crippen LogP contribution in [0, 0.1) is 0 Å². The first kappa shape index (κ1) is 17.0. The maximum Gasteiger partial charge on any atom is 0.343 e. The summed E-state index contributed by atoms with van der Waals surface area (Å²) in [6.07, 6.45) is 0. The molecule has 0 aliphatic carbocycles. The molecule has 0 saturated heterocycles. The highest BCUT2D eigenvalue weighted by molar-refractivity contribution is 7.99. The second kappa shape index (κ2) is 7.04. The van der Waals surface area contributed by atoms with Gasteiger partial charge in [-0.2, -0.15) is 4.98 Å². The predicted octanol–water partition coefficient (Wildman–Crippen LogP) is 2.58. The summed E-state index contributed by atoms with van der Waals surface area (Å²) in [7, 11) is 0. The van der Waals surface area contributed by atoms with Crippen molar-refractivity contribution in [1.29, 1.82) is 0 Å². The molecule has 0 radical (unpaired) electrons. The zero-order chi connectivity index (χ0) is 18.8. The lowest BCUT2D eigenvalue weighted by Gasteiger charge is -2.11. The normalized spacial score (nSPS) is 13.0. The number of rotatable bonds is 5. The first-order chi connectivity index (χ1) is 13.1. The average molecular weight is 381 g/mol. The lowest BCUT2D eigenvalue weighted by molar-refractivity contribution is -0.165. The lowest BCUT2D eigenvalue weighted by Crippen LogP contribution is -2.33. The molecule has 0 unspecified atom stereocenters. The van der Waals surface area contributed by atoms with Gasteiger partial charge in [-0.05, 0) is 12.1 Å². The van der Waals surface area contributed by atoms with E-state index in [0.717, 1.165) is 17.3 Å². The lowest BCUT2D eigenvalue weighted by atomic mass is 10.1. The Morgan fingerprint density at radius 1 is 1.00 bits per heavy atom. The Balaban J connectivity index is 1.37. The molecular formula is C18H11N3O5S. The minimum absolute atomic E-state index is 0.174. The number of imide groups is 1. The van der Waals surface area contributed by atoms with Crippen LogP contribution in [-0.2, 0) is 9.63 Å². The number of hydrogen-bond donors (Lipinski definition) is 0. The molecule has 2 heterocycles. The number of carbonyl (C=O) groups is 3. The van der Waals surface area contributed by atoms with Crippen LogP contribution in [0.25, 0.3) is 11.4 Å². The van der Waals surface area contributed by atoms with Gasteiger partial charge in [0, 0.05) is 5.56 Å². The topological polar surface area (TPSA) is 103 Å². The highest BCUT2D eigenvalue weighted by Gasteiger charge is 2.38. The van der Waals surface area contributed by atoms with Crippen molar-refractivity contribution in [2.24, 2.45) is 0 Å². The van der Waals surface area contributed by atoms with Gasteiger partial charge in [-0.1, -0.05) is 64.4 Å². The molecule has 3 aromatic rings. The second-order valence-corrected chi connectivity index (χ2v) is 6.38. The molecule has 1 aliphatic rings. The highest BCUT2D eigenvalue weighted by atomic mass is 32.2. The van der Waals surface area contributed by atoms with Crippen molar-refractivity contribution in [1.82, 2.24) is 15.2 Å². The maximum absolute atomic E-state index is 12.2. The number of amides is 2. The van der Waals surface area contributed by atoms with E-state index in [1.807, 2.05) is 30.3 Å². The Hall–Kier alpha value is -3.46. The molecule has 0 fully saturated rings. The third-order valence-electron chi connectivity index (χ3n) is 3.70. The van der Waals surface area contributed by atoms with Crippen LogP contribution >= 0.6 is 11.8 Å². The molecule has 0 saturated carbocycles. The quantitative estimate of drug-likeness (QED) is 0.491. The minimum Gasteiger partial charge on any atom is -0.329 e. The van der Waals surface area contributed by atoms with E-state index in [9.17, 15) is 14.4 Å². The number of hydrogen-bond acceptors (Lipinski definition) is 8. The standard InChI is InChI=1S/C18H11N3O5S/c22-14(26-21-16(23)12-8-4-5-9-13(12)17(21)24)10-27-18-19-15(20-25-18)11-6-2-1-3-7-11/h1-9H,10H2. The molecule has 0 spiro atoms. The molecule has 8 nitrogen and oxygen atoms in total. The zero-order valence-electron chi connectivity index (χ0n) is 13.7. The van der Waals surface area contributed by atoms with Gasteiger partial charge in [0.1, 0.15) is 5.75 Å². The van der Waals surface area contributed by atoms with Crippen molar-refractivity contribution in [3.8, 4) is 11.4 Å². The summed E-state index contributed by atoms with van der Waals surface area (Å²) >= 11 is 0.950. The van der Waals surface area contributed by atoms with Crippen molar-refractivity contribution in [3.63, 3.8) is 0 Å². The third-order valence-corrected chi connectivity index (χ3v) is 4.50. The van der Waals surface area contributed by atoms with Crippen molar-refractivity contribution in [3.05, 3.63) is 65.7 Å². The molecule has 134 valence electrons. The fourth-order valence-corrected chi connectivity index (χ4v) is 3.01. The van der Waals surface area contributed by atoms with Crippen molar-refractivity contribution in [2.75, 3.05) is 5.75 Å². The van der Waals surface area contributed by atoms with Crippen LogP contribution < -0.4 is 0 Å². The molecule has 1 aliphatic heterocycles. The van der Waals surface area contributed by atoms with E-state index in [4.69, 9.17) is 9.36 Å². The summed E-state index contributed by atoms with van der Waals surface area (Å²) < 4.78 is 5.08. The SMILES string of the molecule is O=C(CSc1nc(-c2ccccc2)no1)ON1C(=O)c2ccccc2C1=O. The van der Waals surface area contributed by atoms with E-state index >= 15 is 0 Å². The zero-order valence-corrected chi connectivity index (χ0v) is 14.5. The van der Waals surface area contributed by atoms with Gasteiger partial charge in [-0.25, -0.2) is 4.79 Å². The minimum atomic E-state index is -0.783. The van der Waals surface area contributed by atoms with Crippen LogP contribution in [0.4, 0.5) is 0 Å². The van der Waals surface area contributed by atoms with Crippen LogP contribution in [0.15, 0.2) is 64.3 Å². The largest absolute Gasteiger partial charge is 0.343 e. The van der Waals surface area contributed by atoms with Gasteiger partial charge >= 0.3 is 5.97 Å². The number of hydroxylamine groups is 2. The molecular weight excluding hydrogens is 370 g/mol. The van der Waals surface area contributed by atoms with E-state index in [1.165, 1.54) is 12.1 Å². The van der Waals surface area contributed by atoms with Crippen molar-refractivity contribution in [2.45, 2.75) is 5.22 Å². The Kier molecular flexibility index (Phi) is 4.43. The predicted molar refractivity (Wildman–Crippen MR) is 93.5 cm³/mol. The van der Waals surface area contributed by atoms with Crippen LogP contribution in [0.3, 0.4) is 0 Å². The molecule has 0 atom stereocenters. The Morgan fingerprint density at radius 2 is 1.63 bits per heavy atom. The molecule has 0 bridgehead atoms. The van der Waals surface area contributed by atoms with Gasteiger partial charge in [0.05, 0.1) is 11.1 Å². The fraction of sp³-hybridized carbons (Fsp3) is 0.0556. The average Bonchev–Trinajstić information content (AvgIpc) is 3.27. The van der Waals surface area contributed by atoms with Crippen LogP contribution in [0.1, 0.15) is 20.7 Å². The Labute approximate surface area is 157 Å². The van der Waals surface area contributed by atoms with Gasteiger partial charge in [-0.15, -0.1) is 0 Å². The molecule has 27 heavy (non-hydrogen) atoms. The van der Waals surface area contributed by atoms with Gasteiger partial charge in [0.15, 0.2) is 0 Å². The summed E-state index contributed by atoms with van der Waals surface area (Å²) in [6.45, 7) is 0. The van der Waals surface area contributed by atoms with E-state index in [2.05, 4.69) is 10.1 Å². The Bertz CT molecular complexity index is 999. The molecule has 1 aromatic heterocycles. The monoisotopic (exact) mass is 381 g/mol. The first-order valence-corrected chi connectivity index (χ1v) is 8.82. The molecule has 4 rings (SSSR count). The van der Waals surface area contributed by atoms with E-state index in [1.54, 1.807) is 12.1 Å². The molecule has 2 amide bonds. The number of fused-ring (bicyclic) bond motifs is 1. The van der Waals surface area contributed by atoms with Gasteiger partial charge in [0.2, 0.25) is 5.82 Å². The fourth-order valence-electron chi connectivity index (χ4n) is 2.47. The number of benzene rings is 2. The maximum atomic E-state index is 12.2. The summed E-state index contributed by atoms with van der Waals surface area (Å²) in [5, 5.41) is 4.48. The number of carbonyl (C=O) groups excluding carboxylic acids is 3. The smallest absolute Gasteiger partial charge is 0.329 e.